The summed E-state index contributed by atoms with van der Waals surface area (Å²) in [6.45, 7) is 6.07. The number of nitrogens with zero attached hydrogens (tertiary/aromatic N) is 3. The maximum atomic E-state index is 12.5. The summed E-state index contributed by atoms with van der Waals surface area (Å²) in [4.78, 5) is 14.5. The molecule has 1 aliphatic heterocycles. The molecule has 0 N–H and O–H groups in total. The smallest absolute Gasteiger partial charge is 0.277 e. The summed E-state index contributed by atoms with van der Waals surface area (Å²) in [5.74, 6) is 1.61. The molecule has 0 bridgehead atoms. The van der Waals surface area contributed by atoms with E-state index in [1.165, 1.54) is 18.2 Å². The number of aromatic nitrogens is 2. The number of carbonyl (C=O) groups is 1. The van der Waals surface area contributed by atoms with Crippen LogP contribution < -0.4 is 0 Å². The minimum Gasteiger partial charge on any atom is -0.469 e. The Hall–Kier alpha value is -1.76. The lowest BCUT2D eigenvalue weighted by atomic mass is 9.98. The molecule has 124 valence electrons. The summed E-state index contributed by atoms with van der Waals surface area (Å²) in [5, 5.41) is 8.43. The standard InChI is InChI=1S/C16H21N3O3S/c1-10-5-4-6-11(2)19(10)14(20)9-23-16-18-17-15(22-16)13-7-8-21-12(13)3/h7-8,10-11H,4-6,9H2,1-3H3/t10-,11-/m0/s1. The van der Waals surface area contributed by atoms with Gasteiger partial charge in [0.15, 0.2) is 0 Å². The molecule has 3 heterocycles. The lowest BCUT2D eigenvalue weighted by Crippen LogP contribution is -2.48. The van der Waals surface area contributed by atoms with E-state index in [2.05, 4.69) is 24.0 Å². The number of hydrogen-bond donors (Lipinski definition) is 0. The number of hydrogen-bond acceptors (Lipinski definition) is 6. The molecule has 1 amide bonds. The van der Waals surface area contributed by atoms with E-state index >= 15 is 0 Å². The van der Waals surface area contributed by atoms with Crippen LogP contribution in [0.2, 0.25) is 0 Å². The molecule has 0 aromatic carbocycles. The first-order chi connectivity index (χ1) is 11.1. The summed E-state index contributed by atoms with van der Waals surface area (Å²) in [6, 6.07) is 2.40. The summed E-state index contributed by atoms with van der Waals surface area (Å²) in [5.41, 5.74) is 0.786. The SMILES string of the molecule is Cc1occc1-c1nnc(SCC(=O)N2[C@@H](C)CCC[C@@H]2C)o1. The Morgan fingerprint density at radius 2 is 2.09 bits per heavy atom. The molecule has 23 heavy (non-hydrogen) atoms. The second kappa shape index (κ2) is 6.78. The normalized spacial score (nSPS) is 21.6. The predicted octanol–water partition coefficient (Wildman–Crippen LogP) is 3.52. The van der Waals surface area contributed by atoms with E-state index in [4.69, 9.17) is 8.83 Å². The number of piperidine rings is 1. The fourth-order valence-electron chi connectivity index (χ4n) is 3.09. The largest absolute Gasteiger partial charge is 0.469 e. The molecule has 7 heteroatoms. The topological polar surface area (TPSA) is 72.4 Å². The molecular weight excluding hydrogens is 314 g/mol. The van der Waals surface area contributed by atoms with Crippen LogP contribution in [0.3, 0.4) is 0 Å². The number of furan rings is 1. The van der Waals surface area contributed by atoms with Crippen LogP contribution in [0.25, 0.3) is 11.5 Å². The van der Waals surface area contributed by atoms with E-state index in [1.807, 2.05) is 11.8 Å². The number of amides is 1. The van der Waals surface area contributed by atoms with Gasteiger partial charge in [-0.15, -0.1) is 10.2 Å². The molecule has 2 atom stereocenters. The Kier molecular flexibility index (Phi) is 4.75. The maximum Gasteiger partial charge on any atom is 0.277 e. The zero-order valence-corrected chi connectivity index (χ0v) is 14.4. The van der Waals surface area contributed by atoms with Gasteiger partial charge in [0, 0.05) is 12.1 Å². The molecule has 1 fully saturated rings. The van der Waals surface area contributed by atoms with Crippen molar-refractivity contribution in [3.05, 3.63) is 18.1 Å². The Morgan fingerprint density at radius 1 is 1.35 bits per heavy atom. The fraction of sp³-hybridized carbons (Fsp3) is 0.562. The van der Waals surface area contributed by atoms with Crippen LogP contribution in [0, 0.1) is 6.92 Å². The van der Waals surface area contributed by atoms with Crippen molar-refractivity contribution in [2.24, 2.45) is 0 Å². The molecule has 0 unspecified atom stereocenters. The summed E-state index contributed by atoms with van der Waals surface area (Å²) < 4.78 is 10.8. The first kappa shape index (κ1) is 16.1. The highest BCUT2D eigenvalue weighted by Crippen LogP contribution is 2.28. The minimum atomic E-state index is 0.133. The van der Waals surface area contributed by atoms with Gasteiger partial charge in [-0.3, -0.25) is 4.79 Å². The minimum absolute atomic E-state index is 0.133. The fourth-order valence-corrected chi connectivity index (χ4v) is 3.73. The predicted molar refractivity (Wildman–Crippen MR) is 87.1 cm³/mol. The average molecular weight is 335 g/mol. The van der Waals surface area contributed by atoms with Gasteiger partial charge in [-0.1, -0.05) is 11.8 Å². The van der Waals surface area contributed by atoms with Gasteiger partial charge in [0.1, 0.15) is 5.76 Å². The van der Waals surface area contributed by atoms with Crippen molar-refractivity contribution in [3.8, 4) is 11.5 Å². The molecule has 2 aromatic rings. The number of thioether (sulfide) groups is 1. The van der Waals surface area contributed by atoms with E-state index in [0.717, 1.165) is 24.2 Å². The molecule has 6 nitrogen and oxygen atoms in total. The van der Waals surface area contributed by atoms with E-state index in [9.17, 15) is 4.79 Å². The number of rotatable bonds is 4. The van der Waals surface area contributed by atoms with Gasteiger partial charge >= 0.3 is 0 Å². The number of carbonyl (C=O) groups excluding carboxylic acids is 1. The lowest BCUT2D eigenvalue weighted by molar-refractivity contribution is -0.134. The van der Waals surface area contributed by atoms with Gasteiger partial charge in [-0.2, -0.15) is 0 Å². The van der Waals surface area contributed by atoms with Crippen LogP contribution in [0.15, 0.2) is 26.4 Å². The third kappa shape index (κ3) is 3.44. The molecule has 0 radical (unpaired) electrons. The Bertz CT molecular complexity index is 672. The van der Waals surface area contributed by atoms with Crippen LogP contribution in [0.5, 0.6) is 0 Å². The van der Waals surface area contributed by atoms with Gasteiger partial charge in [0.2, 0.25) is 5.91 Å². The van der Waals surface area contributed by atoms with Crippen LogP contribution in [0.1, 0.15) is 38.9 Å². The van der Waals surface area contributed by atoms with Crippen molar-refractivity contribution in [1.82, 2.24) is 15.1 Å². The van der Waals surface area contributed by atoms with Gasteiger partial charge < -0.3 is 13.7 Å². The van der Waals surface area contributed by atoms with Gasteiger partial charge in [0.25, 0.3) is 11.1 Å². The Morgan fingerprint density at radius 3 is 2.74 bits per heavy atom. The van der Waals surface area contributed by atoms with Crippen molar-refractivity contribution in [2.75, 3.05) is 5.75 Å². The van der Waals surface area contributed by atoms with Gasteiger partial charge in [-0.25, -0.2) is 0 Å². The number of aryl methyl sites for hydroxylation is 1. The third-order valence-corrected chi connectivity index (χ3v) is 5.10. The first-order valence-electron chi connectivity index (χ1n) is 7.88. The summed E-state index contributed by atoms with van der Waals surface area (Å²) in [7, 11) is 0. The highest BCUT2D eigenvalue weighted by atomic mass is 32.2. The second-order valence-electron chi connectivity index (χ2n) is 5.98. The molecule has 3 rings (SSSR count). The highest BCUT2D eigenvalue weighted by molar-refractivity contribution is 7.99. The van der Waals surface area contributed by atoms with E-state index in [1.54, 1.807) is 12.3 Å². The molecule has 0 aliphatic carbocycles. The quantitative estimate of drug-likeness (QED) is 0.796. The highest BCUT2D eigenvalue weighted by Gasteiger charge is 2.29. The molecule has 2 aromatic heterocycles. The van der Waals surface area contributed by atoms with Crippen molar-refractivity contribution < 1.29 is 13.6 Å². The second-order valence-corrected chi connectivity index (χ2v) is 6.91. The van der Waals surface area contributed by atoms with E-state index in [-0.39, 0.29) is 5.91 Å². The maximum absolute atomic E-state index is 12.5. The van der Waals surface area contributed by atoms with Crippen molar-refractivity contribution >= 4 is 17.7 Å². The summed E-state index contributed by atoms with van der Waals surface area (Å²) in [6.07, 6.45) is 4.93. The van der Waals surface area contributed by atoms with Gasteiger partial charge in [-0.05, 0) is 46.1 Å². The van der Waals surface area contributed by atoms with Crippen LogP contribution in [-0.4, -0.2) is 38.8 Å². The average Bonchev–Trinajstić information content (AvgIpc) is 3.13. The van der Waals surface area contributed by atoms with Crippen LogP contribution in [-0.2, 0) is 4.79 Å². The first-order valence-corrected chi connectivity index (χ1v) is 8.86. The van der Waals surface area contributed by atoms with E-state index < -0.39 is 0 Å². The monoisotopic (exact) mass is 335 g/mol. The zero-order chi connectivity index (χ0) is 16.4. The molecule has 0 saturated carbocycles. The van der Waals surface area contributed by atoms with Crippen molar-refractivity contribution in [1.29, 1.82) is 0 Å². The van der Waals surface area contributed by atoms with Gasteiger partial charge in [0.05, 0.1) is 17.6 Å². The molecule has 0 spiro atoms. The Balaban J connectivity index is 1.61. The van der Waals surface area contributed by atoms with Crippen molar-refractivity contribution in [2.45, 2.75) is 57.3 Å². The lowest BCUT2D eigenvalue weighted by Gasteiger charge is -2.39. The number of likely N-dealkylation sites (tertiary alicyclic amines) is 1. The van der Waals surface area contributed by atoms with Crippen molar-refractivity contribution in [3.63, 3.8) is 0 Å². The van der Waals surface area contributed by atoms with Crippen LogP contribution >= 0.6 is 11.8 Å². The zero-order valence-electron chi connectivity index (χ0n) is 13.6. The van der Waals surface area contributed by atoms with E-state index in [0.29, 0.717) is 29.0 Å². The molecular formula is C16H21N3O3S. The summed E-state index contributed by atoms with van der Waals surface area (Å²) >= 11 is 1.29. The Labute approximate surface area is 139 Å². The molecule has 1 aliphatic rings. The van der Waals surface area contributed by atoms with Crippen LogP contribution in [0.4, 0.5) is 0 Å². The third-order valence-electron chi connectivity index (χ3n) is 4.30. The molecule has 1 saturated heterocycles.